The van der Waals surface area contributed by atoms with Crippen LogP contribution in [0.15, 0.2) is 29.1 Å². The van der Waals surface area contributed by atoms with Gasteiger partial charge in [-0.15, -0.1) is 0 Å². The molecule has 1 aromatic carbocycles. The molecule has 1 atom stereocenters. The summed E-state index contributed by atoms with van der Waals surface area (Å²) in [7, 11) is 3.11. The lowest BCUT2D eigenvalue weighted by Crippen LogP contribution is -2.36. The Hall–Kier alpha value is -2.25. The Morgan fingerprint density at radius 2 is 2.05 bits per heavy atom. The number of H-pyrrole nitrogens is 1. The van der Waals surface area contributed by atoms with Crippen LogP contribution in [0.25, 0.3) is 10.8 Å². The number of aromatic amines is 1. The molecule has 7 nitrogen and oxygen atoms in total. The van der Waals surface area contributed by atoms with Gasteiger partial charge in [-0.3, -0.25) is 9.59 Å². The van der Waals surface area contributed by atoms with Crippen LogP contribution in [0.1, 0.15) is 10.5 Å². The second kappa shape index (κ2) is 6.96. The van der Waals surface area contributed by atoms with Gasteiger partial charge in [0.25, 0.3) is 11.5 Å². The van der Waals surface area contributed by atoms with Crippen molar-refractivity contribution in [1.29, 1.82) is 0 Å². The molecule has 1 aromatic heterocycles. The summed E-state index contributed by atoms with van der Waals surface area (Å²) >= 11 is 0. The van der Waals surface area contributed by atoms with E-state index in [0.717, 1.165) is 0 Å². The lowest BCUT2D eigenvalue weighted by molar-refractivity contribution is 0.0285. The summed E-state index contributed by atoms with van der Waals surface area (Å²) in [4.78, 5) is 23.9. The van der Waals surface area contributed by atoms with Crippen LogP contribution in [0.2, 0.25) is 0 Å². The first-order valence-electron chi connectivity index (χ1n) is 6.44. The maximum Gasteiger partial charge on any atom is 0.272 e. The molecule has 1 unspecified atom stereocenters. The summed E-state index contributed by atoms with van der Waals surface area (Å²) in [5.74, 6) is -0.374. The van der Waals surface area contributed by atoms with Gasteiger partial charge in [0.1, 0.15) is 0 Å². The maximum absolute atomic E-state index is 12.2. The average Bonchev–Trinajstić information content (AvgIpc) is 2.51. The van der Waals surface area contributed by atoms with Crippen LogP contribution >= 0.6 is 0 Å². The largest absolute Gasteiger partial charge is 0.382 e. The molecule has 7 heteroatoms. The number of ether oxygens (including phenoxy) is 2. The Morgan fingerprint density at radius 1 is 1.33 bits per heavy atom. The van der Waals surface area contributed by atoms with Crippen molar-refractivity contribution in [3.63, 3.8) is 0 Å². The van der Waals surface area contributed by atoms with Crippen LogP contribution < -0.4 is 10.9 Å². The predicted octanol–water partition coefficient (Wildman–Crippen LogP) is 0.314. The molecule has 2 rings (SSSR count). The van der Waals surface area contributed by atoms with Crippen molar-refractivity contribution in [1.82, 2.24) is 15.5 Å². The smallest absolute Gasteiger partial charge is 0.272 e. The molecule has 21 heavy (non-hydrogen) atoms. The van der Waals surface area contributed by atoms with Crippen molar-refractivity contribution in [2.45, 2.75) is 6.10 Å². The van der Waals surface area contributed by atoms with E-state index in [1.54, 1.807) is 38.5 Å². The van der Waals surface area contributed by atoms with Gasteiger partial charge in [-0.1, -0.05) is 18.2 Å². The molecule has 2 aromatic rings. The highest BCUT2D eigenvalue weighted by molar-refractivity contribution is 6.04. The summed E-state index contributed by atoms with van der Waals surface area (Å²) in [5, 5.41) is 9.82. The lowest BCUT2D eigenvalue weighted by Gasteiger charge is -2.15. The number of nitrogens with one attached hydrogen (secondary N) is 2. The molecule has 1 amide bonds. The normalized spacial score (nSPS) is 12.3. The van der Waals surface area contributed by atoms with Gasteiger partial charge in [0.05, 0.1) is 18.1 Å². The summed E-state index contributed by atoms with van der Waals surface area (Å²) in [5.41, 5.74) is -0.145. The second-order valence-electron chi connectivity index (χ2n) is 4.47. The van der Waals surface area contributed by atoms with Gasteiger partial charge in [0.2, 0.25) is 0 Å². The fourth-order valence-corrected chi connectivity index (χ4v) is 1.97. The van der Waals surface area contributed by atoms with Crippen molar-refractivity contribution < 1.29 is 14.3 Å². The molecule has 0 aliphatic carbocycles. The minimum absolute atomic E-state index is 0.178. The summed E-state index contributed by atoms with van der Waals surface area (Å²) < 4.78 is 10.1. The van der Waals surface area contributed by atoms with Gasteiger partial charge in [-0.25, -0.2) is 5.10 Å². The minimum atomic E-state index is -0.374. The number of amides is 1. The highest BCUT2D eigenvalue weighted by Gasteiger charge is 2.15. The van der Waals surface area contributed by atoms with Gasteiger partial charge in [-0.2, -0.15) is 5.10 Å². The fraction of sp³-hybridized carbons (Fsp3) is 0.357. The number of methoxy groups -OCH3 is 2. The molecule has 0 saturated heterocycles. The predicted molar refractivity (Wildman–Crippen MR) is 77.4 cm³/mol. The Labute approximate surface area is 121 Å². The van der Waals surface area contributed by atoms with Crippen LogP contribution in [0.3, 0.4) is 0 Å². The van der Waals surface area contributed by atoms with Crippen LogP contribution in [-0.2, 0) is 9.47 Å². The molecule has 112 valence electrons. The molecule has 0 fully saturated rings. The summed E-state index contributed by atoms with van der Waals surface area (Å²) in [6.45, 7) is 0.662. The number of hydrogen-bond acceptors (Lipinski definition) is 5. The lowest BCUT2D eigenvalue weighted by atomic mass is 10.1. The molecule has 0 spiro atoms. The summed E-state index contributed by atoms with van der Waals surface area (Å²) in [6.07, 6.45) is -0.243. The van der Waals surface area contributed by atoms with Gasteiger partial charge in [-0.05, 0) is 6.07 Å². The number of fused-ring (bicyclic) bond motifs is 1. The zero-order valence-electron chi connectivity index (χ0n) is 11.9. The van der Waals surface area contributed by atoms with Crippen LogP contribution in [0.5, 0.6) is 0 Å². The van der Waals surface area contributed by atoms with E-state index in [4.69, 9.17) is 9.47 Å². The standard InChI is InChI=1S/C14H17N3O4/c1-20-8-9(21-2)7-15-14(19)12-10-5-3-4-6-11(10)13(18)17-16-12/h3-6,9H,7-8H2,1-2H3,(H,15,19)(H,17,18). The van der Waals surface area contributed by atoms with E-state index in [1.807, 2.05) is 0 Å². The number of hydrogen-bond donors (Lipinski definition) is 2. The number of aromatic nitrogens is 2. The van der Waals surface area contributed by atoms with E-state index in [2.05, 4.69) is 15.5 Å². The molecular weight excluding hydrogens is 274 g/mol. The third-order valence-corrected chi connectivity index (χ3v) is 3.09. The van der Waals surface area contributed by atoms with Crippen molar-refractivity contribution in [2.24, 2.45) is 0 Å². The molecular formula is C14H17N3O4. The minimum Gasteiger partial charge on any atom is -0.382 e. The second-order valence-corrected chi connectivity index (χ2v) is 4.47. The van der Waals surface area contributed by atoms with Gasteiger partial charge < -0.3 is 14.8 Å². The Morgan fingerprint density at radius 3 is 2.71 bits per heavy atom. The number of benzene rings is 1. The van der Waals surface area contributed by atoms with Crippen molar-refractivity contribution >= 4 is 16.7 Å². The molecule has 0 aliphatic heterocycles. The van der Waals surface area contributed by atoms with Crippen LogP contribution in [-0.4, -0.2) is 49.6 Å². The van der Waals surface area contributed by atoms with Crippen LogP contribution in [0.4, 0.5) is 0 Å². The highest BCUT2D eigenvalue weighted by Crippen LogP contribution is 2.12. The molecule has 0 radical (unpaired) electrons. The van der Waals surface area contributed by atoms with E-state index < -0.39 is 0 Å². The molecule has 0 saturated carbocycles. The van der Waals surface area contributed by atoms with Crippen LogP contribution in [0, 0.1) is 0 Å². The zero-order chi connectivity index (χ0) is 15.2. The van der Waals surface area contributed by atoms with Crippen molar-refractivity contribution in [2.75, 3.05) is 27.4 Å². The topological polar surface area (TPSA) is 93.3 Å². The van der Waals surface area contributed by atoms with Gasteiger partial charge in [0, 0.05) is 26.2 Å². The first-order valence-corrected chi connectivity index (χ1v) is 6.44. The van der Waals surface area contributed by atoms with E-state index in [0.29, 0.717) is 17.4 Å². The number of carbonyl (C=O) groups excluding carboxylic acids is 1. The third-order valence-electron chi connectivity index (χ3n) is 3.09. The quantitative estimate of drug-likeness (QED) is 0.799. The highest BCUT2D eigenvalue weighted by atomic mass is 16.5. The first-order chi connectivity index (χ1) is 10.2. The van der Waals surface area contributed by atoms with Crippen molar-refractivity contribution in [3.8, 4) is 0 Å². The maximum atomic E-state index is 12.2. The van der Waals surface area contributed by atoms with E-state index >= 15 is 0 Å². The monoisotopic (exact) mass is 291 g/mol. The zero-order valence-corrected chi connectivity index (χ0v) is 11.9. The number of carbonyl (C=O) groups is 1. The van der Waals surface area contributed by atoms with E-state index in [-0.39, 0.29) is 29.8 Å². The van der Waals surface area contributed by atoms with Gasteiger partial charge in [0.15, 0.2) is 5.69 Å². The van der Waals surface area contributed by atoms with Crippen molar-refractivity contribution in [3.05, 3.63) is 40.3 Å². The molecule has 0 bridgehead atoms. The number of rotatable bonds is 6. The summed E-state index contributed by atoms with van der Waals surface area (Å²) in [6, 6.07) is 6.83. The Bertz CT molecular complexity index is 683. The molecule has 0 aliphatic rings. The molecule has 2 N–H and O–H groups in total. The van der Waals surface area contributed by atoms with E-state index in [9.17, 15) is 9.59 Å². The average molecular weight is 291 g/mol. The number of nitrogens with zero attached hydrogens (tertiary/aromatic N) is 1. The molecule has 1 heterocycles. The van der Waals surface area contributed by atoms with E-state index in [1.165, 1.54) is 0 Å². The van der Waals surface area contributed by atoms with Gasteiger partial charge >= 0.3 is 0 Å². The first kappa shape index (κ1) is 15.1. The Balaban J connectivity index is 2.20. The Kier molecular flexibility index (Phi) is 5.02. The third kappa shape index (κ3) is 3.45. The SMILES string of the molecule is COCC(CNC(=O)c1n[nH]c(=O)c2ccccc12)OC. The fourth-order valence-electron chi connectivity index (χ4n) is 1.97.